The van der Waals surface area contributed by atoms with Crippen LogP contribution in [0.25, 0.3) is 0 Å². The van der Waals surface area contributed by atoms with Gasteiger partial charge in [0.1, 0.15) is 0 Å². The fraction of sp³-hybridized carbons (Fsp3) is 0. The molecule has 0 atom stereocenters. The normalized spacial score (nSPS) is 10.0. The summed E-state index contributed by atoms with van der Waals surface area (Å²) in [7, 11) is 0. The van der Waals surface area contributed by atoms with Gasteiger partial charge in [0.25, 0.3) is 5.91 Å². The van der Waals surface area contributed by atoms with Gasteiger partial charge in [0.2, 0.25) is 0 Å². The van der Waals surface area contributed by atoms with Crippen LogP contribution in [0.4, 0.5) is 10.7 Å². The molecule has 0 radical (unpaired) electrons. The fourth-order valence-electron chi connectivity index (χ4n) is 1.06. The van der Waals surface area contributed by atoms with E-state index in [1.54, 1.807) is 0 Å². The van der Waals surface area contributed by atoms with Gasteiger partial charge in [-0.15, -0.1) is 0 Å². The molecule has 7 nitrogen and oxygen atoms in total. The first kappa shape index (κ1) is 10.3. The Labute approximate surface area is 93.3 Å². The number of anilines is 1. The van der Waals surface area contributed by atoms with Gasteiger partial charge in [0.15, 0.2) is 0 Å². The van der Waals surface area contributed by atoms with Crippen molar-refractivity contribution in [2.75, 3.05) is 5.32 Å². The summed E-state index contributed by atoms with van der Waals surface area (Å²) in [5.74, 6) is -0.397. The van der Waals surface area contributed by atoms with Crippen molar-refractivity contribution < 1.29 is 9.72 Å². The van der Waals surface area contributed by atoms with E-state index in [1.165, 1.54) is 23.8 Å². The first-order valence-electron chi connectivity index (χ1n) is 4.20. The second-order valence-electron chi connectivity index (χ2n) is 2.87. The van der Waals surface area contributed by atoms with E-state index in [9.17, 15) is 14.9 Å². The minimum absolute atomic E-state index is 0.0580. The summed E-state index contributed by atoms with van der Waals surface area (Å²) in [6.07, 6.45) is 2.96. The van der Waals surface area contributed by atoms with Crippen molar-refractivity contribution in [1.82, 2.24) is 10.2 Å². The van der Waals surface area contributed by atoms with Crippen molar-refractivity contribution in [3.63, 3.8) is 0 Å². The van der Waals surface area contributed by atoms with Crippen LogP contribution in [0.5, 0.6) is 0 Å². The highest BCUT2D eigenvalue weighted by Gasteiger charge is 2.15. The van der Waals surface area contributed by atoms with E-state index >= 15 is 0 Å². The lowest BCUT2D eigenvalue weighted by Crippen LogP contribution is -2.10. The molecule has 0 aliphatic rings. The van der Waals surface area contributed by atoms with E-state index in [0.717, 1.165) is 11.3 Å². The molecule has 0 spiro atoms. The van der Waals surface area contributed by atoms with Gasteiger partial charge in [-0.2, -0.15) is 5.10 Å². The monoisotopic (exact) mass is 238 g/mol. The van der Waals surface area contributed by atoms with Crippen molar-refractivity contribution in [2.45, 2.75) is 0 Å². The Morgan fingerprint density at radius 1 is 1.62 bits per heavy atom. The quantitative estimate of drug-likeness (QED) is 0.626. The maximum atomic E-state index is 11.6. The third-order valence-corrected chi connectivity index (χ3v) is 2.66. The lowest BCUT2D eigenvalue weighted by Gasteiger charge is -1.97. The number of H-pyrrole nitrogens is 1. The molecule has 0 aliphatic heterocycles. The van der Waals surface area contributed by atoms with Crippen LogP contribution in [0.3, 0.4) is 0 Å². The average Bonchev–Trinajstić information content (AvgIpc) is 2.86. The molecule has 0 aliphatic carbocycles. The molecule has 0 bridgehead atoms. The van der Waals surface area contributed by atoms with Gasteiger partial charge >= 0.3 is 5.00 Å². The molecular weight excluding hydrogens is 232 g/mol. The molecule has 2 N–H and O–H groups in total. The zero-order valence-corrected chi connectivity index (χ0v) is 8.65. The molecular formula is C8H6N4O3S. The highest BCUT2D eigenvalue weighted by Crippen LogP contribution is 2.23. The van der Waals surface area contributed by atoms with E-state index in [2.05, 4.69) is 15.5 Å². The van der Waals surface area contributed by atoms with E-state index in [0.29, 0.717) is 5.69 Å². The standard InChI is InChI=1S/C8H6N4O3S/c13-8(11-6-2-9-10-3-6)5-1-7(12(14)15)16-4-5/h1-4H,(H,9,10)(H,11,13). The SMILES string of the molecule is O=C(Nc1cn[nH]c1)c1csc([N+](=O)[O-])c1. The molecule has 0 aromatic carbocycles. The highest BCUT2D eigenvalue weighted by atomic mass is 32.1. The first-order valence-corrected chi connectivity index (χ1v) is 5.08. The summed E-state index contributed by atoms with van der Waals surface area (Å²) >= 11 is 0.915. The number of carbonyl (C=O) groups excluding carboxylic acids is 1. The Hall–Kier alpha value is -2.22. The van der Waals surface area contributed by atoms with Crippen LogP contribution in [0.2, 0.25) is 0 Å². The van der Waals surface area contributed by atoms with Crippen LogP contribution in [0.1, 0.15) is 10.4 Å². The molecule has 2 heterocycles. The number of nitrogens with one attached hydrogen (secondary N) is 2. The molecule has 8 heteroatoms. The molecule has 0 unspecified atom stereocenters. The molecule has 0 fully saturated rings. The summed E-state index contributed by atoms with van der Waals surface area (Å²) in [5.41, 5.74) is 0.775. The predicted octanol–water partition coefficient (Wildman–Crippen LogP) is 1.63. The third-order valence-electron chi connectivity index (χ3n) is 1.78. The van der Waals surface area contributed by atoms with Crippen molar-refractivity contribution in [3.05, 3.63) is 39.5 Å². The summed E-state index contributed by atoms with van der Waals surface area (Å²) in [6, 6.07) is 1.24. The number of thiophene rings is 1. The largest absolute Gasteiger partial charge is 0.324 e. The number of rotatable bonds is 3. The van der Waals surface area contributed by atoms with Crippen molar-refractivity contribution in [3.8, 4) is 0 Å². The molecule has 2 aromatic rings. The topological polar surface area (TPSA) is 101 Å². The van der Waals surface area contributed by atoms with E-state index < -0.39 is 10.8 Å². The Bertz CT molecular complexity index is 519. The molecule has 2 aromatic heterocycles. The van der Waals surface area contributed by atoms with E-state index in [-0.39, 0.29) is 10.6 Å². The summed E-state index contributed by atoms with van der Waals surface area (Å²) in [6.45, 7) is 0. The summed E-state index contributed by atoms with van der Waals surface area (Å²) in [5, 5.41) is 20.5. The molecule has 2 rings (SSSR count). The second-order valence-corrected chi connectivity index (χ2v) is 3.76. The van der Waals surface area contributed by atoms with Crippen LogP contribution in [0, 0.1) is 10.1 Å². The highest BCUT2D eigenvalue weighted by molar-refractivity contribution is 7.13. The Kier molecular flexibility index (Phi) is 2.64. The van der Waals surface area contributed by atoms with E-state index in [1.807, 2.05) is 0 Å². The van der Waals surface area contributed by atoms with Crippen LogP contribution < -0.4 is 5.32 Å². The van der Waals surface area contributed by atoms with Gasteiger partial charge < -0.3 is 5.32 Å². The van der Waals surface area contributed by atoms with Gasteiger partial charge in [-0.05, 0) is 0 Å². The van der Waals surface area contributed by atoms with Crippen molar-refractivity contribution in [1.29, 1.82) is 0 Å². The fourth-order valence-corrected chi connectivity index (χ4v) is 1.77. The summed E-state index contributed by atoms with van der Waals surface area (Å²) < 4.78 is 0. The minimum Gasteiger partial charge on any atom is -0.319 e. The predicted molar refractivity (Wildman–Crippen MR) is 57.5 cm³/mol. The van der Waals surface area contributed by atoms with Gasteiger partial charge in [0, 0.05) is 17.6 Å². The third kappa shape index (κ3) is 2.06. The molecule has 16 heavy (non-hydrogen) atoms. The zero-order valence-electron chi connectivity index (χ0n) is 7.84. The number of hydrogen-bond donors (Lipinski definition) is 2. The smallest absolute Gasteiger partial charge is 0.319 e. The number of amides is 1. The van der Waals surface area contributed by atoms with Crippen LogP contribution in [-0.4, -0.2) is 21.0 Å². The Balaban J connectivity index is 2.12. The summed E-state index contributed by atoms with van der Waals surface area (Å²) in [4.78, 5) is 21.5. The second kappa shape index (κ2) is 4.11. The number of hydrogen-bond acceptors (Lipinski definition) is 5. The maximum absolute atomic E-state index is 11.6. The number of carbonyl (C=O) groups is 1. The lowest BCUT2D eigenvalue weighted by atomic mass is 10.3. The number of nitrogens with zero attached hydrogens (tertiary/aromatic N) is 2. The van der Waals surface area contributed by atoms with Gasteiger partial charge in [-0.25, -0.2) is 0 Å². The van der Waals surface area contributed by atoms with Crippen LogP contribution in [-0.2, 0) is 0 Å². The maximum Gasteiger partial charge on any atom is 0.324 e. The van der Waals surface area contributed by atoms with Crippen LogP contribution in [0.15, 0.2) is 23.8 Å². The van der Waals surface area contributed by atoms with Crippen LogP contribution >= 0.6 is 11.3 Å². The number of nitro groups is 1. The van der Waals surface area contributed by atoms with Crippen molar-refractivity contribution in [2.24, 2.45) is 0 Å². The molecule has 0 saturated carbocycles. The van der Waals surface area contributed by atoms with Gasteiger partial charge in [0.05, 0.1) is 22.4 Å². The first-order chi connectivity index (χ1) is 7.66. The zero-order chi connectivity index (χ0) is 11.5. The molecule has 0 saturated heterocycles. The van der Waals surface area contributed by atoms with Gasteiger partial charge in [-0.1, -0.05) is 11.3 Å². The van der Waals surface area contributed by atoms with Crippen molar-refractivity contribution >= 4 is 27.9 Å². The number of aromatic nitrogens is 2. The van der Waals surface area contributed by atoms with E-state index in [4.69, 9.17) is 0 Å². The Morgan fingerprint density at radius 2 is 2.44 bits per heavy atom. The average molecular weight is 238 g/mol. The number of aromatic amines is 1. The van der Waals surface area contributed by atoms with Gasteiger partial charge in [-0.3, -0.25) is 20.0 Å². The Morgan fingerprint density at radius 3 is 3.00 bits per heavy atom. The lowest BCUT2D eigenvalue weighted by molar-refractivity contribution is -0.380. The molecule has 82 valence electrons. The molecule has 1 amide bonds. The minimum atomic E-state index is -0.528.